The lowest BCUT2D eigenvalue weighted by atomic mass is 9.96. The second-order valence-electron chi connectivity index (χ2n) is 8.34. The molecule has 5 aromatic rings. The van der Waals surface area contributed by atoms with Gasteiger partial charge in [0.25, 0.3) is 0 Å². The van der Waals surface area contributed by atoms with E-state index in [0.29, 0.717) is 5.92 Å². The van der Waals surface area contributed by atoms with Crippen molar-refractivity contribution in [2.75, 3.05) is 0 Å². The van der Waals surface area contributed by atoms with Gasteiger partial charge in [0.05, 0.1) is 0 Å². The second-order valence-corrected chi connectivity index (χ2v) is 8.34. The van der Waals surface area contributed by atoms with Crippen molar-refractivity contribution < 1.29 is 4.42 Å². The summed E-state index contributed by atoms with van der Waals surface area (Å²) in [6.45, 7) is 10.4. The summed E-state index contributed by atoms with van der Waals surface area (Å²) >= 11 is 0. The number of furan rings is 1. The van der Waals surface area contributed by atoms with E-state index in [9.17, 15) is 0 Å². The lowest BCUT2D eigenvalue weighted by Gasteiger charge is -2.08. The monoisotopic (exact) mass is 405 g/mol. The fourth-order valence-electron chi connectivity index (χ4n) is 4.57. The Morgan fingerprint density at radius 3 is 2.55 bits per heavy atom. The first-order chi connectivity index (χ1) is 15.1. The molecular weight excluding hydrogens is 378 g/mol. The molecule has 0 saturated carbocycles. The van der Waals surface area contributed by atoms with Gasteiger partial charge in [0.1, 0.15) is 11.2 Å². The number of nitrogens with one attached hydrogen (secondary N) is 1. The van der Waals surface area contributed by atoms with E-state index >= 15 is 0 Å². The minimum atomic E-state index is 0.464. The summed E-state index contributed by atoms with van der Waals surface area (Å²) in [5.74, 6) is 0.464. The highest BCUT2D eigenvalue weighted by molar-refractivity contribution is 6.11. The molecule has 0 aliphatic rings. The largest absolute Gasteiger partial charge is 0.455 e. The van der Waals surface area contributed by atoms with Crippen LogP contribution in [0.4, 0.5) is 0 Å². The normalized spacial score (nSPS) is 13.0. The number of H-pyrrole nitrogens is 1. The van der Waals surface area contributed by atoms with E-state index in [4.69, 9.17) is 4.42 Å². The fraction of sp³-hybridized carbons (Fsp3) is 0.172. The SMILES string of the molecule is C=C/C=C\c1c(C)[nH]c2ccc(-c3cccc4c3oc3c(C(C)CC)cccc34)cc12. The molecule has 31 heavy (non-hydrogen) atoms. The molecule has 0 bridgehead atoms. The molecule has 1 unspecified atom stereocenters. The Morgan fingerprint density at radius 1 is 1.00 bits per heavy atom. The number of aromatic nitrogens is 1. The van der Waals surface area contributed by atoms with E-state index in [-0.39, 0.29) is 0 Å². The summed E-state index contributed by atoms with van der Waals surface area (Å²) in [5.41, 5.74) is 9.06. The Labute approximate surface area is 182 Å². The van der Waals surface area contributed by atoms with Gasteiger partial charge in [-0.15, -0.1) is 0 Å². The van der Waals surface area contributed by atoms with Crippen LogP contribution in [0.15, 0.2) is 77.7 Å². The Kier molecular flexibility index (Phi) is 4.78. The molecule has 0 saturated heterocycles. The minimum absolute atomic E-state index is 0.464. The summed E-state index contributed by atoms with van der Waals surface area (Å²) in [4.78, 5) is 3.49. The number of benzene rings is 3. The average molecular weight is 406 g/mol. The van der Waals surface area contributed by atoms with Crippen LogP contribution < -0.4 is 0 Å². The van der Waals surface area contributed by atoms with Gasteiger partial charge in [-0.1, -0.05) is 81.1 Å². The third-order valence-electron chi connectivity index (χ3n) is 6.44. The lowest BCUT2D eigenvalue weighted by molar-refractivity contribution is 0.646. The van der Waals surface area contributed by atoms with E-state index in [2.05, 4.69) is 93.0 Å². The first-order valence-electron chi connectivity index (χ1n) is 11.0. The summed E-state index contributed by atoms with van der Waals surface area (Å²) in [5, 5.41) is 3.58. The van der Waals surface area contributed by atoms with Crippen molar-refractivity contribution >= 4 is 38.9 Å². The Balaban J connectivity index is 1.76. The fourth-order valence-corrected chi connectivity index (χ4v) is 4.57. The minimum Gasteiger partial charge on any atom is -0.455 e. The van der Waals surface area contributed by atoms with Gasteiger partial charge in [0.2, 0.25) is 0 Å². The van der Waals surface area contributed by atoms with E-state index in [0.717, 1.165) is 39.9 Å². The molecule has 3 aromatic carbocycles. The van der Waals surface area contributed by atoms with E-state index in [1.165, 1.54) is 27.3 Å². The van der Waals surface area contributed by atoms with Gasteiger partial charge in [-0.3, -0.25) is 0 Å². The second kappa shape index (κ2) is 7.63. The number of fused-ring (bicyclic) bond motifs is 4. The summed E-state index contributed by atoms with van der Waals surface area (Å²) in [7, 11) is 0. The molecule has 154 valence electrons. The van der Waals surface area contributed by atoms with Crippen LogP contribution in [-0.4, -0.2) is 4.98 Å². The highest BCUT2D eigenvalue weighted by Gasteiger charge is 2.17. The van der Waals surface area contributed by atoms with Crippen LogP contribution in [0.5, 0.6) is 0 Å². The van der Waals surface area contributed by atoms with Crippen LogP contribution in [0.25, 0.3) is 50.0 Å². The summed E-state index contributed by atoms with van der Waals surface area (Å²) in [6.07, 6.45) is 7.00. The third kappa shape index (κ3) is 3.11. The lowest BCUT2D eigenvalue weighted by Crippen LogP contribution is -1.90. The van der Waals surface area contributed by atoms with Crippen molar-refractivity contribution in [1.29, 1.82) is 0 Å². The summed E-state index contributed by atoms with van der Waals surface area (Å²) < 4.78 is 6.57. The number of allylic oxidation sites excluding steroid dienone is 2. The number of aromatic amines is 1. The van der Waals surface area contributed by atoms with Crippen molar-refractivity contribution in [1.82, 2.24) is 4.98 Å². The van der Waals surface area contributed by atoms with Crippen molar-refractivity contribution in [3.8, 4) is 11.1 Å². The zero-order valence-corrected chi connectivity index (χ0v) is 18.3. The molecule has 0 amide bonds. The molecule has 2 aromatic heterocycles. The predicted molar refractivity (Wildman–Crippen MR) is 134 cm³/mol. The number of aryl methyl sites for hydroxylation is 1. The Morgan fingerprint density at radius 2 is 1.77 bits per heavy atom. The highest BCUT2D eigenvalue weighted by atomic mass is 16.3. The van der Waals surface area contributed by atoms with Crippen LogP contribution >= 0.6 is 0 Å². The van der Waals surface area contributed by atoms with Crippen LogP contribution in [0.2, 0.25) is 0 Å². The smallest absolute Gasteiger partial charge is 0.143 e. The van der Waals surface area contributed by atoms with Gasteiger partial charge in [-0.25, -0.2) is 0 Å². The molecule has 2 heteroatoms. The highest BCUT2D eigenvalue weighted by Crippen LogP contribution is 2.40. The van der Waals surface area contributed by atoms with Gasteiger partial charge in [-0.05, 0) is 42.5 Å². The number of hydrogen-bond acceptors (Lipinski definition) is 1. The quantitative estimate of drug-likeness (QED) is 0.291. The van der Waals surface area contributed by atoms with Crippen LogP contribution in [-0.2, 0) is 0 Å². The molecule has 2 heterocycles. The first-order valence-corrected chi connectivity index (χ1v) is 11.0. The summed E-state index contributed by atoms with van der Waals surface area (Å²) in [6, 6.07) is 19.6. The first kappa shape index (κ1) is 19.4. The Hall–Kier alpha value is -3.52. The van der Waals surface area contributed by atoms with Crippen LogP contribution in [0.3, 0.4) is 0 Å². The Bertz CT molecular complexity index is 1460. The molecule has 0 aliphatic heterocycles. The number of para-hydroxylation sites is 2. The maximum absolute atomic E-state index is 6.57. The topological polar surface area (TPSA) is 28.9 Å². The van der Waals surface area contributed by atoms with Crippen molar-refractivity contribution in [3.63, 3.8) is 0 Å². The molecule has 0 aliphatic carbocycles. The standard InChI is InChI=1S/C29H27NO/c1-5-7-10-22-19(4)30-27-16-15-20(17-26(22)27)23-12-9-14-25-24-13-8-11-21(18(3)6-2)28(24)31-29(23)25/h5,7-18,30H,1,6H2,2-4H3/b10-7-. The zero-order valence-electron chi connectivity index (χ0n) is 18.3. The maximum Gasteiger partial charge on any atom is 0.143 e. The van der Waals surface area contributed by atoms with Crippen molar-refractivity contribution in [2.45, 2.75) is 33.1 Å². The number of rotatable bonds is 5. The number of hydrogen-bond donors (Lipinski definition) is 1. The molecular formula is C29H27NO. The van der Waals surface area contributed by atoms with Crippen molar-refractivity contribution in [3.05, 3.63) is 90.1 Å². The van der Waals surface area contributed by atoms with Gasteiger partial charge in [-0.2, -0.15) is 0 Å². The molecule has 0 fully saturated rings. The molecule has 2 nitrogen and oxygen atoms in total. The average Bonchev–Trinajstić information content (AvgIpc) is 3.33. The van der Waals surface area contributed by atoms with E-state index in [1.54, 1.807) is 0 Å². The van der Waals surface area contributed by atoms with Crippen LogP contribution in [0.1, 0.15) is 43.0 Å². The van der Waals surface area contributed by atoms with Crippen LogP contribution in [0, 0.1) is 6.92 Å². The van der Waals surface area contributed by atoms with Gasteiger partial charge in [0.15, 0.2) is 0 Å². The zero-order chi connectivity index (χ0) is 21.5. The predicted octanol–water partition coefficient (Wildman–Crippen LogP) is 8.76. The van der Waals surface area contributed by atoms with E-state index in [1.807, 2.05) is 12.2 Å². The van der Waals surface area contributed by atoms with E-state index < -0.39 is 0 Å². The molecule has 0 radical (unpaired) electrons. The maximum atomic E-state index is 6.57. The molecule has 5 rings (SSSR count). The molecule has 0 spiro atoms. The molecule has 1 atom stereocenters. The molecule has 1 N–H and O–H groups in total. The van der Waals surface area contributed by atoms with Gasteiger partial charge in [0, 0.05) is 38.5 Å². The van der Waals surface area contributed by atoms with Gasteiger partial charge < -0.3 is 9.40 Å². The van der Waals surface area contributed by atoms with Gasteiger partial charge >= 0.3 is 0 Å². The van der Waals surface area contributed by atoms with Crippen molar-refractivity contribution in [2.24, 2.45) is 0 Å². The third-order valence-corrected chi connectivity index (χ3v) is 6.44.